The Morgan fingerprint density at radius 2 is 1.54 bits per heavy atom. The number of hydrogen-bond acceptors (Lipinski definition) is 10. The monoisotopic (exact) mass is 930 g/mol. The van der Waals surface area contributed by atoms with E-state index >= 15 is 4.39 Å². The van der Waals surface area contributed by atoms with E-state index in [0.717, 1.165) is 73.4 Å². The van der Waals surface area contributed by atoms with Crippen LogP contribution >= 0.6 is 0 Å². The summed E-state index contributed by atoms with van der Waals surface area (Å²) in [6.07, 6.45) is 3.78. The second-order valence-electron chi connectivity index (χ2n) is 18.1. The summed E-state index contributed by atoms with van der Waals surface area (Å²) >= 11 is 0. The molecule has 68 heavy (non-hydrogen) atoms. The SMILES string of the molecule is CC(C)N1CC(C(=O)N2CCC[C@H](c3cc(-c4ccc(F)cc4)n[nH]3)C2)N(c2ccc(N3CCN(c4ccc(OC[C@H]5OC[C@](Cn6cncn6)(c6ccc(F)cc6F)O5)cc4)CC3)cc2)C1=O. The highest BCUT2D eigenvalue weighted by molar-refractivity contribution is 6.03. The maximum absolute atomic E-state index is 15.0. The van der Waals surface area contributed by atoms with Gasteiger partial charge in [0.05, 0.1) is 25.4 Å². The van der Waals surface area contributed by atoms with Gasteiger partial charge in [-0.25, -0.2) is 27.6 Å². The van der Waals surface area contributed by atoms with E-state index in [1.165, 1.54) is 41.6 Å². The molecule has 4 aliphatic heterocycles. The molecule has 0 radical (unpaired) electrons. The normalized spacial score (nSPS) is 22.2. The molecule has 0 saturated carbocycles. The average molecular weight is 931 g/mol. The Balaban J connectivity index is 0.737. The van der Waals surface area contributed by atoms with Gasteiger partial charge in [0, 0.05) is 91.2 Å². The topological polar surface area (TPSA) is 137 Å². The van der Waals surface area contributed by atoms with Crippen LogP contribution in [0.25, 0.3) is 11.3 Å². The van der Waals surface area contributed by atoms with Gasteiger partial charge in [-0.1, -0.05) is 6.07 Å². The fourth-order valence-electron chi connectivity index (χ4n) is 9.82. The molecular formula is C50H53F3N10O5. The highest BCUT2D eigenvalue weighted by Gasteiger charge is 2.47. The van der Waals surface area contributed by atoms with Crippen molar-refractivity contribution in [3.63, 3.8) is 0 Å². The number of nitrogens with zero attached hydrogens (tertiary/aromatic N) is 9. The molecule has 0 bridgehead atoms. The van der Waals surface area contributed by atoms with E-state index in [1.807, 2.05) is 73.3 Å². The molecule has 10 rings (SSSR count). The first-order valence-corrected chi connectivity index (χ1v) is 23.1. The number of hydrogen-bond donors (Lipinski definition) is 1. The smallest absolute Gasteiger partial charge is 0.325 e. The Kier molecular flexibility index (Phi) is 12.5. The fraction of sp³-hybridized carbons (Fsp3) is 0.380. The first kappa shape index (κ1) is 44.9. The summed E-state index contributed by atoms with van der Waals surface area (Å²) in [5.74, 6) is -1.12. The van der Waals surface area contributed by atoms with Gasteiger partial charge in [-0.2, -0.15) is 10.2 Å². The second-order valence-corrected chi connectivity index (χ2v) is 18.1. The highest BCUT2D eigenvalue weighted by atomic mass is 19.1. The lowest BCUT2D eigenvalue weighted by atomic mass is 9.93. The number of benzene rings is 4. The minimum atomic E-state index is -1.26. The largest absolute Gasteiger partial charge is 0.488 e. The number of piperazine rings is 1. The minimum absolute atomic E-state index is 0.00733. The maximum atomic E-state index is 15.0. The van der Waals surface area contributed by atoms with Crippen molar-refractivity contribution in [3.8, 4) is 17.0 Å². The predicted molar refractivity (Wildman–Crippen MR) is 248 cm³/mol. The number of urea groups is 1. The van der Waals surface area contributed by atoms with E-state index in [4.69, 9.17) is 14.2 Å². The van der Waals surface area contributed by atoms with Crippen LogP contribution in [0, 0.1) is 17.5 Å². The first-order chi connectivity index (χ1) is 33.0. The molecule has 3 amide bonds. The van der Waals surface area contributed by atoms with E-state index in [2.05, 4.69) is 30.1 Å². The predicted octanol–water partition coefficient (Wildman–Crippen LogP) is 7.18. The standard InChI is InChI=1S/C50H53F3N10O5/c1-33(2)62-27-46(48(64)60-19-3-4-35(26-60)45-25-44(56-57-45)34-5-7-36(51)8-6-34)63(49(62)65)40-12-10-38(11-13-40)58-20-22-59(23-21-58)39-14-16-41(17-15-39)66-28-47-67-30-50(68-47,29-61-32-54-31-55-61)42-18-9-37(52)24-43(42)53/h5-18,24-25,31-33,35,46-47H,3-4,19-23,26-30H2,1-2H3,(H,56,57)/t35-,46?,47-,50+/m0/s1. The zero-order chi connectivity index (χ0) is 46.9. The molecule has 2 aromatic heterocycles. The van der Waals surface area contributed by atoms with Gasteiger partial charge in [-0.3, -0.25) is 14.8 Å². The summed E-state index contributed by atoms with van der Waals surface area (Å²) in [5, 5.41) is 11.8. The fourth-order valence-corrected chi connectivity index (χ4v) is 9.82. The molecule has 15 nitrogen and oxygen atoms in total. The van der Waals surface area contributed by atoms with Crippen LogP contribution in [0.5, 0.6) is 5.75 Å². The molecule has 4 aromatic carbocycles. The number of aromatic nitrogens is 5. The number of H-pyrrole nitrogens is 1. The Morgan fingerprint density at radius 1 is 0.853 bits per heavy atom. The number of carbonyl (C=O) groups excluding carboxylic acids is 2. The quantitative estimate of drug-likeness (QED) is 0.127. The highest BCUT2D eigenvalue weighted by Crippen LogP contribution is 2.38. The molecule has 4 atom stereocenters. The summed E-state index contributed by atoms with van der Waals surface area (Å²) in [6.45, 7) is 8.67. The summed E-state index contributed by atoms with van der Waals surface area (Å²) in [5.41, 5.74) is 4.15. The number of nitrogens with one attached hydrogen (secondary N) is 1. The molecule has 6 heterocycles. The second kappa shape index (κ2) is 19.0. The van der Waals surface area contributed by atoms with Crippen molar-refractivity contribution in [1.29, 1.82) is 0 Å². The Labute approximate surface area is 392 Å². The number of halogens is 3. The Morgan fingerprint density at radius 3 is 2.22 bits per heavy atom. The molecule has 4 fully saturated rings. The first-order valence-electron chi connectivity index (χ1n) is 23.1. The Hall–Kier alpha value is -6.92. The number of anilines is 3. The molecule has 1 unspecified atom stereocenters. The van der Waals surface area contributed by atoms with Gasteiger partial charge in [0.25, 0.3) is 0 Å². The van der Waals surface area contributed by atoms with Gasteiger partial charge in [-0.15, -0.1) is 0 Å². The van der Waals surface area contributed by atoms with Crippen molar-refractivity contribution in [1.82, 2.24) is 34.8 Å². The van der Waals surface area contributed by atoms with Gasteiger partial charge >= 0.3 is 6.03 Å². The van der Waals surface area contributed by atoms with Gasteiger partial charge in [0.15, 0.2) is 6.29 Å². The van der Waals surface area contributed by atoms with Crippen molar-refractivity contribution < 1.29 is 37.0 Å². The van der Waals surface area contributed by atoms with Gasteiger partial charge in [0.1, 0.15) is 54.1 Å². The molecule has 354 valence electrons. The zero-order valence-electron chi connectivity index (χ0n) is 37.9. The number of aromatic amines is 1. The van der Waals surface area contributed by atoms with Crippen molar-refractivity contribution in [2.75, 3.05) is 73.7 Å². The van der Waals surface area contributed by atoms with E-state index in [-0.39, 0.29) is 55.0 Å². The van der Waals surface area contributed by atoms with Crippen LogP contribution in [0.2, 0.25) is 0 Å². The number of rotatable bonds is 13. The number of carbonyl (C=O) groups is 2. The summed E-state index contributed by atoms with van der Waals surface area (Å²) in [6, 6.07) is 26.5. The van der Waals surface area contributed by atoms with Crippen LogP contribution in [-0.4, -0.2) is 124 Å². The molecule has 6 aromatic rings. The number of likely N-dealkylation sites (tertiary alicyclic amines) is 1. The summed E-state index contributed by atoms with van der Waals surface area (Å²) < 4.78 is 62.2. The molecule has 0 spiro atoms. The molecule has 18 heteroatoms. The van der Waals surface area contributed by atoms with Crippen LogP contribution in [0.1, 0.15) is 43.9 Å². The van der Waals surface area contributed by atoms with E-state index < -0.39 is 29.6 Å². The lowest BCUT2D eigenvalue weighted by molar-refractivity contribution is -0.133. The zero-order valence-corrected chi connectivity index (χ0v) is 37.9. The Bertz CT molecular complexity index is 2700. The third-order valence-corrected chi connectivity index (χ3v) is 13.5. The van der Waals surface area contributed by atoms with Gasteiger partial charge < -0.3 is 33.8 Å². The van der Waals surface area contributed by atoms with Gasteiger partial charge in [-0.05, 0) is 112 Å². The van der Waals surface area contributed by atoms with Crippen LogP contribution in [0.4, 0.5) is 35.0 Å². The van der Waals surface area contributed by atoms with E-state index in [1.54, 1.807) is 21.9 Å². The van der Waals surface area contributed by atoms with Crippen molar-refractivity contribution in [2.24, 2.45) is 0 Å². The van der Waals surface area contributed by atoms with Crippen LogP contribution in [-0.2, 0) is 26.4 Å². The molecule has 0 aliphatic carbocycles. The van der Waals surface area contributed by atoms with Crippen molar-refractivity contribution in [3.05, 3.63) is 138 Å². The number of amides is 3. The number of piperidine rings is 1. The van der Waals surface area contributed by atoms with Crippen LogP contribution < -0.4 is 19.4 Å². The maximum Gasteiger partial charge on any atom is 0.325 e. The average Bonchev–Trinajstić information content (AvgIpc) is 4.20. The van der Waals surface area contributed by atoms with Gasteiger partial charge in [0.2, 0.25) is 5.91 Å². The third-order valence-electron chi connectivity index (χ3n) is 13.5. The van der Waals surface area contributed by atoms with Crippen molar-refractivity contribution >= 4 is 29.0 Å². The van der Waals surface area contributed by atoms with Crippen LogP contribution in [0.3, 0.4) is 0 Å². The summed E-state index contributed by atoms with van der Waals surface area (Å²) in [4.78, 5) is 42.3. The molecule has 4 saturated heterocycles. The van der Waals surface area contributed by atoms with E-state index in [0.29, 0.717) is 31.1 Å². The van der Waals surface area contributed by atoms with Crippen molar-refractivity contribution in [2.45, 2.75) is 63.1 Å². The summed E-state index contributed by atoms with van der Waals surface area (Å²) in [7, 11) is 0. The lowest BCUT2D eigenvalue weighted by Gasteiger charge is -2.37. The molecular weight excluding hydrogens is 878 g/mol. The lowest BCUT2D eigenvalue weighted by Crippen LogP contribution is -2.50. The third kappa shape index (κ3) is 9.21. The molecule has 1 N–H and O–H groups in total. The number of ether oxygens (including phenoxy) is 3. The van der Waals surface area contributed by atoms with Crippen LogP contribution in [0.15, 0.2) is 110 Å². The van der Waals surface area contributed by atoms with E-state index in [9.17, 15) is 18.4 Å². The molecule has 4 aliphatic rings. The minimum Gasteiger partial charge on any atom is -0.488 e.